The van der Waals surface area contributed by atoms with E-state index in [4.69, 9.17) is 0 Å². The minimum absolute atomic E-state index is 0.0214. The number of nitrogens with zero attached hydrogens (tertiary/aromatic N) is 1. The first-order valence-electron chi connectivity index (χ1n) is 8.92. The van der Waals surface area contributed by atoms with E-state index in [0.717, 1.165) is 32.5 Å². The first-order valence-corrected chi connectivity index (χ1v) is 8.92. The van der Waals surface area contributed by atoms with E-state index in [1.807, 2.05) is 25.8 Å². The Hall–Kier alpha value is -1.95. The zero-order valence-corrected chi connectivity index (χ0v) is 15.2. The molecule has 2 rings (SSSR count). The third kappa shape index (κ3) is 5.26. The first-order chi connectivity index (χ1) is 11.9. The summed E-state index contributed by atoms with van der Waals surface area (Å²) >= 11 is 0. The number of carbonyl (C=O) groups is 2. The molecule has 0 radical (unpaired) electrons. The molecule has 0 spiro atoms. The molecular formula is C19H28FN3O2. The molecule has 5 nitrogen and oxygen atoms in total. The van der Waals surface area contributed by atoms with Crippen LogP contribution in [0.2, 0.25) is 0 Å². The minimum atomic E-state index is -0.571. The van der Waals surface area contributed by atoms with Crippen molar-refractivity contribution in [2.24, 2.45) is 11.8 Å². The summed E-state index contributed by atoms with van der Waals surface area (Å²) in [6.07, 6.45) is 1.95. The van der Waals surface area contributed by atoms with E-state index < -0.39 is 11.9 Å². The maximum atomic E-state index is 13.0. The molecule has 2 N–H and O–H groups in total. The van der Waals surface area contributed by atoms with Crippen molar-refractivity contribution in [1.29, 1.82) is 0 Å². The zero-order valence-electron chi connectivity index (χ0n) is 15.2. The van der Waals surface area contributed by atoms with Gasteiger partial charge in [-0.3, -0.25) is 9.59 Å². The van der Waals surface area contributed by atoms with Crippen molar-refractivity contribution in [2.45, 2.75) is 32.7 Å². The standard InChI is InChI=1S/C19H28FN3O2/c1-13(2)17(22-18(24)15-4-6-16(20)7-5-15)19(25)23-10-8-14(9-11-23)12-21-3/h4-7,13-14,17,21H,8-12H2,1-3H3,(H,22,24). The van der Waals surface area contributed by atoms with Crippen LogP contribution < -0.4 is 10.6 Å². The number of nitrogens with one attached hydrogen (secondary N) is 2. The van der Waals surface area contributed by atoms with Crippen LogP contribution in [-0.2, 0) is 4.79 Å². The van der Waals surface area contributed by atoms with Crippen molar-refractivity contribution in [3.8, 4) is 0 Å². The number of hydrogen-bond donors (Lipinski definition) is 2. The molecule has 0 aromatic heterocycles. The summed E-state index contributed by atoms with van der Waals surface area (Å²) in [4.78, 5) is 27.1. The SMILES string of the molecule is CNCC1CCN(C(=O)C(NC(=O)c2ccc(F)cc2)C(C)C)CC1. The van der Waals surface area contributed by atoms with Crippen LogP contribution in [0.4, 0.5) is 4.39 Å². The van der Waals surface area contributed by atoms with Crippen LogP contribution in [0.5, 0.6) is 0 Å². The average molecular weight is 349 g/mol. The van der Waals surface area contributed by atoms with Gasteiger partial charge in [0.25, 0.3) is 5.91 Å². The maximum Gasteiger partial charge on any atom is 0.251 e. The lowest BCUT2D eigenvalue weighted by Crippen LogP contribution is -2.53. The van der Waals surface area contributed by atoms with Gasteiger partial charge in [0.1, 0.15) is 11.9 Å². The lowest BCUT2D eigenvalue weighted by Gasteiger charge is -2.35. The monoisotopic (exact) mass is 349 g/mol. The second-order valence-electron chi connectivity index (χ2n) is 7.03. The van der Waals surface area contributed by atoms with Crippen LogP contribution in [0.15, 0.2) is 24.3 Å². The first kappa shape index (κ1) is 19.4. The third-order valence-corrected chi connectivity index (χ3v) is 4.74. The summed E-state index contributed by atoms with van der Waals surface area (Å²) in [5.74, 6) is -0.199. The Labute approximate surface area is 149 Å². The summed E-state index contributed by atoms with van der Waals surface area (Å²) in [6.45, 7) is 6.25. The van der Waals surface area contributed by atoms with Crippen molar-refractivity contribution in [3.05, 3.63) is 35.6 Å². The van der Waals surface area contributed by atoms with Crippen molar-refractivity contribution in [3.63, 3.8) is 0 Å². The van der Waals surface area contributed by atoms with Crippen molar-refractivity contribution in [1.82, 2.24) is 15.5 Å². The highest BCUT2D eigenvalue weighted by atomic mass is 19.1. The highest BCUT2D eigenvalue weighted by molar-refractivity contribution is 5.97. The molecule has 25 heavy (non-hydrogen) atoms. The fraction of sp³-hybridized carbons (Fsp3) is 0.579. The zero-order chi connectivity index (χ0) is 18.4. The van der Waals surface area contributed by atoms with Crippen molar-refractivity contribution < 1.29 is 14.0 Å². The third-order valence-electron chi connectivity index (χ3n) is 4.74. The molecule has 2 amide bonds. The Balaban J connectivity index is 1.99. The van der Waals surface area contributed by atoms with Crippen molar-refractivity contribution in [2.75, 3.05) is 26.7 Å². The van der Waals surface area contributed by atoms with Crippen molar-refractivity contribution >= 4 is 11.8 Å². The summed E-state index contributed by atoms with van der Waals surface area (Å²) < 4.78 is 13.0. The van der Waals surface area contributed by atoms with Gasteiger partial charge in [-0.25, -0.2) is 4.39 Å². The Morgan fingerprint density at radius 2 is 1.80 bits per heavy atom. The van der Waals surface area contributed by atoms with Crippen LogP contribution in [0.1, 0.15) is 37.0 Å². The van der Waals surface area contributed by atoms with Gasteiger partial charge in [0.05, 0.1) is 0 Å². The minimum Gasteiger partial charge on any atom is -0.341 e. The van der Waals surface area contributed by atoms with E-state index >= 15 is 0 Å². The molecule has 0 bridgehead atoms. The lowest BCUT2D eigenvalue weighted by molar-refractivity contribution is -0.135. The average Bonchev–Trinajstić information content (AvgIpc) is 2.60. The maximum absolute atomic E-state index is 13.0. The lowest BCUT2D eigenvalue weighted by atomic mass is 9.95. The van der Waals surface area contributed by atoms with E-state index in [1.54, 1.807) is 0 Å². The number of rotatable bonds is 6. The molecule has 1 unspecified atom stereocenters. The normalized spacial score (nSPS) is 16.8. The quantitative estimate of drug-likeness (QED) is 0.826. The molecule has 1 aliphatic rings. The van der Waals surface area contributed by atoms with Gasteiger partial charge in [-0.2, -0.15) is 0 Å². The van der Waals surface area contributed by atoms with E-state index in [2.05, 4.69) is 10.6 Å². The smallest absolute Gasteiger partial charge is 0.251 e. The number of piperidine rings is 1. The van der Waals surface area contributed by atoms with Gasteiger partial charge < -0.3 is 15.5 Å². The number of benzene rings is 1. The number of likely N-dealkylation sites (tertiary alicyclic amines) is 1. The molecule has 1 aromatic rings. The second-order valence-corrected chi connectivity index (χ2v) is 7.03. The molecule has 1 saturated heterocycles. The van der Waals surface area contributed by atoms with E-state index in [0.29, 0.717) is 11.5 Å². The van der Waals surface area contributed by atoms with Crippen LogP contribution in [0, 0.1) is 17.7 Å². The fourth-order valence-corrected chi connectivity index (χ4v) is 3.18. The predicted octanol–water partition coefficient (Wildman–Crippen LogP) is 2.04. The van der Waals surface area contributed by atoms with Gasteiger partial charge in [0, 0.05) is 18.7 Å². The summed E-state index contributed by atoms with van der Waals surface area (Å²) in [5, 5.41) is 6.00. The summed E-state index contributed by atoms with van der Waals surface area (Å²) in [7, 11) is 1.94. The predicted molar refractivity (Wildman–Crippen MR) is 95.7 cm³/mol. The fourth-order valence-electron chi connectivity index (χ4n) is 3.18. The molecule has 0 aliphatic carbocycles. The molecule has 138 valence electrons. The Morgan fingerprint density at radius 3 is 2.32 bits per heavy atom. The highest BCUT2D eigenvalue weighted by Crippen LogP contribution is 2.18. The Bertz CT molecular complexity index is 581. The molecule has 1 fully saturated rings. The van der Waals surface area contributed by atoms with Gasteiger partial charge in [-0.1, -0.05) is 13.8 Å². The molecule has 1 aliphatic heterocycles. The molecule has 1 atom stereocenters. The molecule has 1 aromatic carbocycles. The topological polar surface area (TPSA) is 61.4 Å². The molecule has 6 heteroatoms. The molecule has 1 heterocycles. The van der Waals surface area contributed by atoms with Crippen LogP contribution >= 0.6 is 0 Å². The summed E-state index contributed by atoms with van der Waals surface area (Å²) in [6, 6.07) is 4.77. The van der Waals surface area contributed by atoms with Crippen LogP contribution in [0.3, 0.4) is 0 Å². The Morgan fingerprint density at radius 1 is 1.20 bits per heavy atom. The summed E-state index contributed by atoms with van der Waals surface area (Å²) in [5.41, 5.74) is 0.354. The van der Waals surface area contributed by atoms with Gasteiger partial charge in [-0.05, 0) is 62.5 Å². The second kappa shape index (κ2) is 8.94. The van der Waals surface area contributed by atoms with E-state index in [9.17, 15) is 14.0 Å². The molecular weight excluding hydrogens is 321 g/mol. The van der Waals surface area contributed by atoms with Crippen LogP contribution in [0.25, 0.3) is 0 Å². The molecule has 0 saturated carbocycles. The van der Waals surface area contributed by atoms with Gasteiger partial charge in [0.2, 0.25) is 5.91 Å². The Kier molecular flexibility index (Phi) is 6.93. The van der Waals surface area contributed by atoms with Gasteiger partial charge in [0.15, 0.2) is 0 Å². The van der Waals surface area contributed by atoms with Crippen LogP contribution in [-0.4, -0.2) is 49.4 Å². The van der Waals surface area contributed by atoms with E-state index in [-0.39, 0.29) is 17.7 Å². The number of carbonyl (C=O) groups excluding carboxylic acids is 2. The number of halogens is 1. The number of hydrogen-bond acceptors (Lipinski definition) is 3. The number of amides is 2. The van der Waals surface area contributed by atoms with E-state index in [1.165, 1.54) is 24.3 Å². The largest absolute Gasteiger partial charge is 0.341 e. The van der Waals surface area contributed by atoms with Gasteiger partial charge in [-0.15, -0.1) is 0 Å². The highest BCUT2D eigenvalue weighted by Gasteiger charge is 2.31. The van der Waals surface area contributed by atoms with Gasteiger partial charge >= 0.3 is 0 Å².